The van der Waals surface area contributed by atoms with Crippen LogP contribution in [0.3, 0.4) is 0 Å². The number of nitriles is 1. The SMILES string of the molecule is Cc1cc(-c2cnn(C)c2)cn2ncc(C#N)c12. The molecular weight excluding hydrogens is 226 g/mol. The molecule has 0 radical (unpaired) electrons. The smallest absolute Gasteiger partial charge is 0.103 e. The topological polar surface area (TPSA) is 58.9 Å². The van der Waals surface area contributed by atoms with Gasteiger partial charge in [-0.15, -0.1) is 0 Å². The van der Waals surface area contributed by atoms with E-state index in [1.54, 1.807) is 15.4 Å². The molecule has 0 aliphatic rings. The molecule has 0 atom stereocenters. The molecule has 0 saturated heterocycles. The molecular formula is C13H11N5. The van der Waals surface area contributed by atoms with Crippen molar-refractivity contribution in [3.8, 4) is 17.2 Å². The minimum atomic E-state index is 0.602. The number of nitrogens with zero attached hydrogens (tertiary/aromatic N) is 5. The Labute approximate surface area is 104 Å². The summed E-state index contributed by atoms with van der Waals surface area (Å²) >= 11 is 0. The van der Waals surface area contributed by atoms with Crippen LogP contribution in [0.25, 0.3) is 16.6 Å². The Hall–Kier alpha value is -2.61. The predicted molar refractivity (Wildman–Crippen MR) is 66.8 cm³/mol. The molecule has 0 spiro atoms. The van der Waals surface area contributed by atoms with Crippen molar-refractivity contribution in [2.75, 3.05) is 0 Å². The zero-order valence-electron chi connectivity index (χ0n) is 10.1. The van der Waals surface area contributed by atoms with Gasteiger partial charge in [0.05, 0.1) is 23.5 Å². The molecule has 0 N–H and O–H groups in total. The van der Waals surface area contributed by atoms with Crippen molar-refractivity contribution in [2.45, 2.75) is 6.92 Å². The van der Waals surface area contributed by atoms with Gasteiger partial charge < -0.3 is 0 Å². The number of aromatic nitrogens is 4. The van der Waals surface area contributed by atoms with Crippen molar-refractivity contribution in [1.82, 2.24) is 19.4 Å². The lowest BCUT2D eigenvalue weighted by Crippen LogP contribution is -1.92. The Morgan fingerprint density at radius 1 is 1.17 bits per heavy atom. The Morgan fingerprint density at radius 3 is 2.67 bits per heavy atom. The summed E-state index contributed by atoms with van der Waals surface area (Å²) in [6, 6.07) is 4.20. The largest absolute Gasteiger partial charge is 0.275 e. The average molecular weight is 237 g/mol. The standard InChI is InChI=1S/C13H11N5/c1-9-3-10(12-6-15-17(2)7-12)8-18-13(9)11(4-14)5-16-18/h3,5-8H,1-2H3. The molecule has 5 nitrogen and oxygen atoms in total. The maximum Gasteiger partial charge on any atom is 0.103 e. The van der Waals surface area contributed by atoms with Gasteiger partial charge in [-0.05, 0) is 18.6 Å². The fraction of sp³-hybridized carbons (Fsp3) is 0.154. The van der Waals surface area contributed by atoms with Gasteiger partial charge in [0.15, 0.2) is 0 Å². The third kappa shape index (κ3) is 1.47. The van der Waals surface area contributed by atoms with E-state index in [0.717, 1.165) is 22.2 Å². The quantitative estimate of drug-likeness (QED) is 0.649. The molecule has 0 aliphatic heterocycles. The highest BCUT2D eigenvalue weighted by Crippen LogP contribution is 2.23. The first-order chi connectivity index (χ1) is 8.69. The van der Waals surface area contributed by atoms with Gasteiger partial charge in [-0.25, -0.2) is 4.52 Å². The van der Waals surface area contributed by atoms with Crippen molar-refractivity contribution in [3.63, 3.8) is 0 Å². The van der Waals surface area contributed by atoms with Gasteiger partial charge in [0.25, 0.3) is 0 Å². The third-order valence-electron chi connectivity index (χ3n) is 2.96. The van der Waals surface area contributed by atoms with Crippen LogP contribution in [0, 0.1) is 18.3 Å². The van der Waals surface area contributed by atoms with E-state index in [4.69, 9.17) is 5.26 Å². The number of aryl methyl sites for hydroxylation is 2. The van der Waals surface area contributed by atoms with Crippen molar-refractivity contribution >= 4 is 5.52 Å². The molecule has 0 aliphatic carbocycles. The van der Waals surface area contributed by atoms with Gasteiger partial charge in [0.2, 0.25) is 0 Å². The molecule has 3 heterocycles. The van der Waals surface area contributed by atoms with Crippen molar-refractivity contribution in [2.24, 2.45) is 7.05 Å². The Kier molecular flexibility index (Phi) is 2.17. The highest BCUT2D eigenvalue weighted by molar-refractivity contribution is 5.71. The normalized spacial score (nSPS) is 10.7. The fourth-order valence-electron chi connectivity index (χ4n) is 2.13. The fourth-order valence-corrected chi connectivity index (χ4v) is 2.13. The second kappa shape index (κ2) is 3.70. The predicted octanol–water partition coefficient (Wildman–Crippen LogP) is 1.91. The van der Waals surface area contributed by atoms with Crippen LogP contribution in [-0.2, 0) is 7.05 Å². The van der Waals surface area contributed by atoms with Crippen LogP contribution < -0.4 is 0 Å². The Balaban J connectivity index is 2.26. The summed E-state index contributed by atoms with van der Waals surface area (Å²) in [5, 5.41) is 17.4. The lowest BCUT2D eigenvalue weighted by molar-refractivity contribution is 0.768. The second-order valence-corrected chi connectivity index (χ2v) is 4.28. The minimum Gasteiger partial charge on any atom is -0.275 e. The molecule has 3 rings (SSSR count). The van der Waals surface area contributed by atoms with Crippen molar-refractivity contribution in [1.29, 1.82) is 5.26 Å². The minimum absolute atomic E-state index is 0.602. The maximum atomic E-state index is 9.02. The number of rotatable bonds is 1. The van der Waals surface area contributed by atoms with E-state index in [9.17, 15) is 0 Å². The maximum absolute atomic E-state index is 9.02. The summed E-state index contributed by atoms with van der Waals surface area (Å²) in [6.45, 7) is 1.98. The van der Waals surface area contributed by atoms with E-state index >= 15 is 0 Å². The molecule has 0 fully saturated rings. The van der Waals surface area contributed by atoms with Crippen LogP contribution in [0.2, 0.25) is 0 Å². The lowest BCUT2D eigenvalue weighted by Gasteiger charge is -2.03. The van der Waals surface area contributed by atoms with Gasteiger partial charge >= 0.3 is 0 Å². The third-order valence-corrected chi connectivity index (χ3v) is 2.96. The van der Waals surface area contributed by atoms with Crippen molar-refractivity contribution < 1.29 is 0 Å². The van der Waals surface area contributed by atoms with Gasteiger partial charge in [-0.3, -0.25) is 4.68 Å². The zero-order chi connectivity index (χ0) is 12.7. The molecule has 3 aromatic rings. The lowest BCUT2D eigenvalue weighted by atomic mass is 10.1. The van der Waals surface area contributed by atoms with Crippen molar-refractivity contribution in [3.05, 3.63) is 42.0 Å². The summed E-state index contributed by atoms with van der Waals surface area (Å²) in [5.41, 5.74) is 4.58. The summed E-state index contributed by atoms with van der Waals surface area (Å²) in [5.74, 6) is 0. The molecule has 88 valence electrons. The first-order valence-electron chi connectivity index (χ1n) is 5.56. The van der Waals surface area contributed by atoms with Crippen LogP contribution in [0.1, 0.15) is 11.1 Å². The van der Waals surface area contributed by atoms with Crippen LogP contribution >= 0.6 is 0 Å². The summed E-state index contributed by atoms with van der Waals surface area (Å²) < 4.78 is 3.51. The van der Waals surface area contributed by atoms with E-state index in [1.165, 1.54) is 0 Å². The zero-order valence-corrected chi connectivity index (χ0v) is 10.1. The highest BCUT2D eigenvalue weighted by Gasteiger charge is 2.09. The van der Waals surface area contributed by atoms with E-state index in [2.05, 4.69) is 22.3 Å². The molecule has 3 aromatic heterocycles. The van der Waals surface area contributed by atoms with E-state index in [-0.39, 0.29) is 0 Å². The van der Waals surface area contributed by atoms with Gasteiger partial charge in [0.1, 0.15) is 6.07 Å². The van der Waals surface area contributed by atoms with E-state index in [1.807, 2.05) is 32.6 Å². The summed E-state index contributed by atoms with van der Waals surface area (Å²) in [7, 11) is 1.89. The summed E-state index contributed by atoms with van der Waals surface area (Å²) in [6.07, 6.45) is 7.28. The molecule has 0 amide bonds. The molecule has 0 saturated carbocycles. The van der Waals surface area contributed by atoms with E-state index in [0.29, 0.717) is 5.56 Å². The van der Waals surface area contributed by atoms with Crippen LogP contribution in [0.4, 0.5) is 0 Å². The average Bonchev–Trinajstić information content (AvgIpc) is 2.95. The van der Waals surface area contributed by atoms with Crippen LogP contribution in [0.15, 0.2) is 30.9 Å². The summed E-state index contributed by atoms with van der Waals surface area (Å²) in [4.78, 5) is 0. The highest BCUT2D eigenvalue weighted by atomic mass is 15.2. The Morgan fingerprint density at radius 2 is 2.00 bits per heavy atom. The Bertz CT molecular complexity index is 772. The van der Waals surface area contributed by atoms with Gasteiger partial charge in [0, 0.05) is 30.6 Å². The monoisotopic (exact) mass is 237 g/mol. The number of hydrogen-bond acceptors (Lipinski definition) is 3. The molecule has 0 bridgehead atoms. The van der Waals surface area contributed by atoms with Gasteiger partial charge in [-0.2, -0.15) is 15.5 Å². The number of fused-ring (bicyclic) bond motifs is 1. The van der Waals surface area contributed by atoms with Crippen LogP contribution in [0.5, 0.6) is 0 Å². The molecule has 5 heteroatoms. The molecule has 0 unspecified atom stereocenters. The number of hydrogen-bond donors (Lipinski definition) is 0. The van der Waals surface area contributed by atoms with E-state index < -0.39 is 0 Å². The first kappa shape index (κ1) is 10.5. The van der Waals surface area contributed by atoms with Crippen LogP contribution in [-0.4, -0.2) is 19.4 Å². The molecule has 18 heavy (non-hydrogen) atoms. The first-order valence-corrected chi connectivity index (χ1v) is 5.56. The number of pyridine rings is 1. The second-order valence-electron chi connectivity index (χ2n) is 4.28. The van der Waals surface area contributed by atoms with Gasteiger partial charge in [-0.1, -0.05) is 0 Å². The molecule has 0 aromatic carbocycles.